The molecular weight excluding hydrogens is 282 g/mol. The highest BCUT2D eigenvalue weighted by atomic mass is 16.5. The standard InChI is InChI=1S/C15H17N5O2/c16-19-15(21)12-10-13(20-6-8-22-9-7-20)18-14(17-12)11-4-2-1-3-5-11/h1-5,10H,6-9,16H2,(H,19,21). The van der Waals surface area contributed by atoms with Crippen molar-refractivity contribution in [2.45, 2.75) is 0 Å². The number of amides is 1. The molecule has 7 heteroatoms. The van der Waals surface area contributed by atoms with Crippen LogP contribution in [-0.2, 0) is 4.74 Å². The summed E-state index contributed by atoms with van der Waals surface area (Å²) in [6.45, 7) is 2.75. The lowest BCUT2D eigenvalue weighted by atomic mass is 10.2. The molecule has 1 amide bonds. The molecule has 0 aliphatic carbocycles. The van der Waals surface area contributed by atoms with Gasteiger partial charge >= 0.3 is 0 Å². The summed E-state index contributed by atoms with van der Waals surface area (Å²) in [6.07, 6.45) is 0. The maximum Gasteiger partial charge on any atom is 0.283 e. The van der Waals surface area contributed by atoms with Gasteiger partial charge in [0.2, 0.25) is 0 Å². The van der Waals surface area contributed by atoms with Crippen molar-refractivity contribution in [1.82, 2.24) is 15.4 Å². The van der Waals surface area contributed by atoms with Gasteiger partial charge in [0.1, 0.15) is 11.5 Å². The number of hydrogen-bond donors (Lipinski definition) is 2. The number of nitrogens with one attached hydrogen (secondary N) is 1. The van der Waals surface area contributed by atoms with Gasteiger partial charge in [-0.05, 0) is 0 Å². The molecule has 1 aromatic carbocycles. The fraction of sp³-hybridized carbons (Fsp3) is 0.267. The molecule has 1 saturated heterocycles. The second kappa shape index (κ2) is 6.50. The highest BCUT2D eigenvalue weighted by Gasteiger charge is 2.18. The molecule has 1 aromatic heterocycles. The number of nitrogens with two attached hydrogens (primary N) is 1. The largest absolute Gasteiger partial charge is 0.378 e. The molecular formula is C15H17N5O2. The summed E-state index contributed by atoms with van der Waals surface area (Å²) >= 11 is 0. The summed E-state index contributed by atoms with van der Waals surface area (Å²) in [6, 6.07) is 11.2. The lowest BCUT2D eigenvalue weighted by Gasteiger charge is -2.28. The average Bonchev–Trinajstić information content (AvgIpc) is 2.62. The second-order valence-electron chi connectivity index (χ2n) is 4.87. The lowest BCUT2D eigenvalue weighted by Crippen LogP contribution is -2.37. The van der Waals surface area contributed by atoms with Crippen LogP contribution in [-0.4, -0.2) is 42.2 Å². The van der Waals surface area contributed by atoms with Gasteiger partial charge in [-0.2, -0.15) is 0 Å². The van der Waals surface area contributed by atoms with Crippen molar-refractivity contribution >= 4 is 11.7 Å². The fourth-order valence-electron chi connectivity index (χ4n) is 2.30. The first-order valence-corrected chi connectivity index (χ1v) is 7.06. The van der Waals surface area contributed by atoms with Crippen LogP contribution in [0.2, 0.25) is 0 Å². The highest BCUT2D eigenvalue weighted by molar-refractivity contribution is 5.93. The summed E-state index contributed by atoms with van der Waals surface area (Å²) in [7, 11) is 0. The number of morpholine rings is 1. The van der Waals surface area contributed by atoms with E-state index in [2.05, 4.69) is 20.3 Å². The molecule has 2 aromatic rings. The van der Waals surface area contributed by atoms with E-state index in [1.807, 2.05) is 30.3 Å². The van der Waals surface area contributed by atoms with Crippen molar-refractivity contribution in [2.75, 3.05) is 31.2 Å². The molecule has 3 N–H and O–H groups in total. The van der Waals surface area contributed by atoms with Gasteiger partial charge in [0.25, 0.3) is 5.91 Å². The van der Waals surface area contributed by atoms with Crippen LogP contribution in [0.4, 0.5) is 5.82 Å². The van der Waals surface area contributed by atoms with Gasteiger partial charge in [-0.15, -0.1) is 0 Å². The topological polar surface area (TPSA) is 93.4 Å². The molecule has 1 aliphatic heterocycles. The number of carbonyl (C=O) groups is 1. The summed E-state index contributed by atoms with van der Waals surface area (Å²) in [5, 5.41) is 0. The van der Waals surface area contributed by atoms with Crippen LogP contribution in [0.25, 0.3) is 11.4 Å². The van der Waals surface area contributed by atoms with Crippen molar-refractivity contribution in [2.24, 2.45) is 5.84 Å². The van der Waals surface area contributed by atoms with Gasteiger partial charge in [0, 0.05) is 24.7 Å². The third-order valence-electron chi connectivity index (χ3n) is 3.44. The van der Waals surface area contributed by atoms with Crippen molar-refractivity contribution < 1.29 is 9.53 Å². The van der Waals surface area contributed by atoms with Crippen molar-refractivity contribution in [3.63, 3.8) is 0 Å². The van der Waals surface area contributed by atoms with Crippen LogP contribution < -0.4 is 16.2 Å². The molecule has 3 rings (SSSR count). The van der Waals surface area contributed by atoms with Crippen molar-refractivity contribution in [1.29, 1.82) is 0 Å². The molecule has 0 unspecified atom stereocenters. The van der Waals surface area contributed by atoms with Crippen LogP contribution in [0.3, 0.4) is 0 Å². The van der Waals surface area contributed by atoms with Gasteiger partial charge < -0.3 is 9.64 Å². The van der Waals surface area contributed by atoms with Crippen LogP contribution in [0.15, 0.2) is 36.4 Å². The number of hydrogen-bond acceptors (Lipinski definition) is 6. The number of nitrogen functional groups attached to an aromatic ring is 1. The van der Waals surface area contributed by atoms with E-state index in [1.54, 1.807) is 6.07 Å². The minimum atomic E-state index is -0.436. The van der Waals surface area contributed by atoms with Gasteiger partial charge in [-0.25, -0.2) is 15.8 Å². The Balaban J connectivity index is 2.03. The molecule has 0 atom stereocenters. The van der Waals surface area contributed by atoms with Gasteiger partial charge in [-0.1, -0.05) is 30.3 Å². The molecule has 1 aliphatic rings. The smallest absolute Gasteiger partial charge is 0.283 e. The van der Waals surface area contributed by atoms with E-state index in [0.29, 0.717) is 24.9 Å². The molecule has 1 fully saturated rings. The fourth-order valence-corrected chi connectivity index (χ4v) is 2.30. The Kier molecular flexibility index (Phi) is 4.27. The third kappa shape index (κ3) is 3.05. The SMILES string of the molecule is NNC(=O)c1cc(N2CCOCC2)nc(-c2ccccc2)n1. The second-order valence-corrected chi connectivity index (χ2v) is 4.87. The average molecular weight is 299 g/mol. The lowest BCUT2D eigenvalue weighted by molar-refractivity contribution is 0.0948. The van der Waals surface area contributed by atoms with Gasteiger partial charge in [0.15, 0.2) is 5.82 Å². The van der Waals surface area contributed by atoms with Gasteiger partial charge in [0.05, 0.1) is 13.2 Å². The monoisotopic (exact) mass is 299 g/mol. The first-order chi connectivity index (χ1) is 10.8. The van der Waals surface area contributed by atoms with Crippen LogP contribution >= 0.6 is 0 Å². The number of benzene rings is 1. The van der Waals surface area contributed by atoms with E-state index in [1.165, 1.54) is 0 Å². The Labute approximate surface area is 128 Å². The minimum Gasteiger partial charge on any atom is -0.378 e. The zero-order chi connectivity index (χ0) is 15.4. The predicted molar refractivity (Wildman–Crippen MR) is 82.2 cm³/mol. The van der Waals surface area contributed by atoms with E-state index in [4.69, 9.17) is 10.6 Å². The molecule has 114 valence electrons. The van der Waals surface area contributed by atoms with E-state index in [9.17, 15) is 4.79 Å². The zero-order valence-electron chi connectivity index (χ0n) is 12.0. The Bertz CT molecular complexity index is 656. The number of rotatable bonds is 3. The number of ether oxygens (including phenoxy) is 1. The number of aromatic nitrogens is 2. The summed E-state index contributed by atoms with van der Waals surface area (Å²) in [5.74, 6) is 6.00. The first-order valence-electron chi connectivity index (χ1n) is 7.06. The van der Waals surface area contributed by atoms with E-state index in [-0.39, 0.29) is 5.69 Å². The molecule has 22 heavy (non-hydrogen) atoms. The molecule has 0 saturated carbocycles. The normalized spacial score (nSPS) is 14.7. The summed E-state index contributed by atoms with van der Waals surface area (Å²) in [5.41, 5.74) is 3.22. The molecule has 0 radical (unpaired) electrons. The van der Waals surface area contributed by atoms with Crippen molar-refractivity contribution in [3.05, 3.63) is 42.1 Å². The maximum absolute atomic E-state index is 11.9. The van der Waals surface area contributed by atoms with Crippen LogP contribution in [0, 0.1) is 0 Å². The van der Waals surface area contributed by atoms with Crippen LogP contribution in [0.5, 0.6) is 0 Å². The number of hydrazine groups is 1. The quantitative estimate of drug-likeness (QED) is 0.489. The van der Waals surface area contributed by atoms with Gasteiger partial charge in [-0.3, -0.25) is 10.2 Å². The van der Waals surface area contributed by atoms with E-state index in [0.717, 1.165) is 18.7 Å². The number of anilines is 1. The Morgan fingerprint density at radius 1 is 1.18 bits per heavy atom. The molecule has 2 heterocycles. The van der Waals surface area contributed by atoms with Crippen molar-refractivity contribution in [3.8, 4) is 11.4 Å². The molecule has 0 bridgehead atoms. The molecule has 7 nitrogen and oxygen atoms in total. The maximum atomic E-state index is 11.9. The predicted octanol–water partition coefficient (Wildman–Crippen LogP) is 0.584. The molecule has 0 spiro atoms. The zero-order valence-corrected chi connectivity index (χ0v) is 12.0. The Morgan fingerprint density at radius 3 is 2.59 bits per heavy atom. The van der Waals surface area contributed by atoms with E-state index >= 15 is 0 Å². The third-order valence-corrected chi connectivity index (χ3v) is 3.44. The summed E-state index contributed by atoms with van der Waals surface area (Å²) < 4.78 is 5.35. The Morgan fingerprint density at radius 2 is 1.91 bits per heavy atom. The first kappa shape index (κ1) is 14.4. The number of nitrogens with zero attached hydrogens (tertiary/aromatic N) is 3. The van der Waals surface area contributed by atoms with E-state index < -0.39 is 5.91 Å². The Hall–Kier alpha value is -2.51. The summed E-state index contributed by atoms with van der Waals surface area (Å²) in [4.78, 5) is 22.8. The van der Waals surface area contributed by atoms with Crippen LogP contribution in [0.1, 0.15) is 10.5 Å². The number of carbonyl (C=O) groups excluding carboxylic acids is 1. The minimum absolute atomic E-state index is 0.248. The highest BCUT2D eigenvalue weighted by Crippen LogP contribution is 2.21.